The molecule has 1 aromatic rings. The lowest BCUT2D eigenvalue weighted by Crippen LogP contribution is -2.26. The summed E-state index contributed by atoms with van der Waals surface area (Å²) >= 11 is 0. The van der Waals surface area contributed by atoms with Crippen molar-refractivity contribution in [2.45, 2.75) is 38.2 Å². The summed E-state index contributed by atoms with van der Waals surface area (Å²) in [5.74, 6) is 0. The summed E-state index contributed by atoms with van der Waals surface area (Å²) in [6.07, 6.45) is 0.0749. The third kappa shape index (κ3) is 5.59. The van der Waals surface area contributed by atoms with Crippen molar-refractivity contribution in [3.05, 3.63) is 24.3 Å². The highest BCUT2D eigenvalue weighted by Crippen LogP contribution is 2.22. The molecule has 0 amide bonds. The van der Waals surface area contributed by atoms with Crippen molar-refractivity contribution in [3.8, 4) is 0 Å². The number of hydrogen-bond acceptors (Lipinski definition) is 4. The van der Waals surface area contributed by atoms with E-state index in [9.17, 15) is 13.5 Å². The molecule has 0 spiro atoms. The SMILES string of the molecule is CC(C)(C)CC(O)CNc1ccccc1S(N)(=O)=O. The Labute approximate surface area is 114 Å². The normalized spacial score (nSPS) is 14.2. The molecule has 4 N–H and O–H groups in total. The minimum absolute atomic E-state index is 0.0144. The van der Waals surface area contributed by atoms with E-state index in [1.807, 2.05) is 20.8 Å². The van der Waals surface area contributed by atoms with Crippen LogP contribution in [0.2, 0.25) is 0 Å². The van der Waals surface area contributed by atoms with Gasteiger partial charge in [0.05, 0.1) is 11.8 Å². The van der Waals surface area contributed by atoms with Crippen LogP contribution in [0.4, 0.5) is 5.69 Å². The summed E-state index contributed by atoms with van der Waals surface area (Å²) in [6, 6.07) is 6.39. The quantitative estimate of drug-likeness (QED) is 0.765. The number of benzene rings is 1. The summed E-state index contributed by atoms with van der Waals surface area (Å²) in [5.41, 5.74) is 0.429. The van der Waals surface area contributed by atoms with Crippen LogP contribution in [0, 0.1) is 5.41 Å². The van der Waals surface area contributed by atoms with Crippen molar-refractivity contribution >= 4 is 15.7 Å². The van der Waals surface area contributed by atoms with Crippen molar-refractivity contribution < 1.29 is 13.5 Å². The van der Waals surface area contributed by atoms with Crippen LogP contribution in [-0.4, -0.2) is 26.2 Å². The third-order valence-corrected chi connectivity index (χ3v) is 3.54. The number of nitrogens with two attached hydrogens (primary N) is 1. The number of para-hydroxylation sites is 1. The summed E-state index contributed by atoms with van der Waals surface area (Å²) in [7, 11) is -3.76. The van der Waals surface area contributed by atoms with E-state index in [-0.39, 0.29) is 16.9 Å². The van der Waals surface area contributed by atoms with Crippen molar-refractivity contribution in [2.24, 2.45) is 10.6 Å². The maximum Gasteiger partial charge on any atom is 0.240 e. The fourth-order valence-electron chi connectivity index (χ4n) is 1.87. The molecular weight excluding hydrogens is 264 g/mol. The summed E-state index contributed by atoms with van der Waals surface area (Å²) in [6.45, 7) is 6.39. The molecule has 108 valence electrons. The number of hydrogen-bond donors (Lipinski definition) is 3. The Balaban J connectivity index is 2.74. The van der Waals surface area contributed by atoms with Crippen LogP contribution in [-0.2, 0) is 10.0 Å². The third-order valence-electron chi connectivity index (χ3n) is 2.57. The second-order valence-electron chi connectivity index (χ2n) is 5.84. The highest BCUT2D eigenvalue weighted by Gasteiger charge is 2.18. The predicted octanol–water partition coefficient (Wildman–Crippen LogP) is 1.54. The molecule has 1 rings (SSSR count). The number of aliphatic hydroxyl groups is 1. The molecule has 19 heavy (non-hydrogen) atoms. The molecule has 0 aliphatic carbocycles. The topological polar surface area (TPSA) is 92.4 Å². The van der Waals surface area contributed by atoms with E-state index in [0.717, 1.165) is 0 Å². The van der Waals surface area contributed by atoms with Crippen LogP contribution in [0.3, 0.4) is 0 Å². The van der Waals surface area contributed by atoms with E-state index in [0.29, 0.717) is 12.1 Å². The highest BCUT2D eigenvalue weighted by atomic mass is 32.2. The van der Waals surface area contributed by atoms with Crippen LogP contribution in [0.5, 0.6) is 0 Å². The van der Waals surface area contributed by atoms with Gasteiger partial charge in [-0.15, -0.1) is 0 Å². The standard InChI is InChI=1S/C13H22N2O3S/c1-13(2,3)8-10(16)9-15-11-6-4-5-7-12(11)19(14,17)18/h4-7,10,15-16H,8-9H2,1-3H3,(H2,14,17,18). The molecule has 0 heterocycles. The smallest absolute Gasteiger partial charge is 0.240 e. The van der Waals surface area contributed by atoms with Gasteiger partial charge in [-0.2, -0.15) is 0 Å². The molecule has 1 atom stereocenters. The van der Waals surface area contributed by atoms with E-state index in [1.165, 1.54) is 6.07 Å². The largest absolute Gasteiger partial charge is 0.391 e. The molecule has 0 saturated heterocycles. The molecule has 0 radical (unpaired) electrons. The number of nitrogens with one attached hydrogen (secondary N) is 1. The van der Waals surface area contributed by atoms with Gasteiger partial charge in [0.2, 0.25) is 10.0 Å². The van der Waals surface area contributed by atoms with Crippen LogP contribution < -0.4 is 10.5 Å². The van der Waals surface area contributed by atoms with Crippen LogP contribution >= 0.6 is 0 Å². The fraction of sp³-hybridized carbons (Fsp3) is 0.538. The van der Waals surface area contributed by atoms with E-state index >= 15 is 0 Å². The van der Waals surface area contributed by atoms with Gasteiger partial charge in [0.1, 0.15) is 4.90 Å². The maximum absolute atomic E-state index is 11.4. The Kier molecular flexibility index (Phi) is 4.95. The minimum atomic E-state index is -3.76. The predicted molar refractivity (Wildman–Crippen MR) is 76.4 cm³/mol. The van der Waals surface area contributed by atoms with Gasteiger partial charge < -0.3 is 10.4 Å². The molecular formula is C13H22N2O3S. The van der Waals surface area contributed by atoms with Gasteiger partial charge in [-0.1, -0.05) is 32.9 Å². The van der Waals surface area contributed by atoms with Crippen LogP contribution in [0.15, 0.2) is 29.2 Å². The molecule has 0 aliphatic rings. The zero-order valence-electron chi connectivity index (χ0n) is 11.6. The second kappa shape index (κ2) is 5.90. The van der Waals surface area contributed by atoms with E-state index in [2.05, 4.69) is 5.32 Å². The van der Waals surface area contributed by atoms with E-state index in [4.69, 9.17) is 5.14 Å². The lowest BCUT2D eigenvalue weighted by atomic mass is 9.89. The van der Waals surface area contributed by atoms with E-state index in [1.54, 1.807) is 18.2 Å². The van der Waals surface area contributed by atoms with Crippen molar-refractivity contribution in [1.29, 1.82) is 0 Å². The minimum Gasteiger partial charge on any atom is -0.391 e. The van der Waals surface area contributed by atoms with Crippen molar-refractivity contribution in [2.75, 3.05) is 11.9 Å². The summed E-state index contributed by atoms with van der Waals surface area (Å²) < 4.78 is 22.8. The molecule has 1 unspecified atom stereocenters. The first-order valence-corrected chi connectivity index (χ1v) is 7.68. The Hall–Kier alpha value is -1.11. The van der Waals surface area contributed by atoms with E-state index < -0.39 is 16.1 Å². The molecule has 0 fully saturated rings. The lowest BCUT2D eigenvalue weighted by Gasteiger charge is -2.23. The fourth-order valence-corrected chi connectivity index (χ4v) is 2.58. The molecule has 0 aromatic heterocycles. The average molecular weight is 286 g/mol. The zero-order chi connectivity index (χ0) is 14.7. The van der Waals surface area contributed by atoms with Gasteiger partial charge in [-0.05, 0) is 24.0 Å². The Morgan fingerprint density at radius 3 is 2.42 bits per heavy atom. The average Bonchev–Trinajstić information content (AvgIpc) is 2.23. The van der Waals surface area contributed by atoms with Gasteiger partial charge in [-0.3, -0.25) is 0 Å². The zero-order valence-corrected chi connectivity index (χ0v) is 12.4. The molecule has 1 aromatic carbocycles. The molecule has 0 aliphatic heterocycles. The summed E-state index contributed by atoms with van der Waals surface area (Å²) in [5, 5.41) is 18.0. The Bertz CT molecular complexity index is 521. The first-order chi connectivity index (χ1) is 8.59. The lowest BCUT2D eigenvalue weighted by molar-refractivity contribution is 0.132. The monoisotopic (exact) mass is 286 g/mol. The van der Waals surface area contributed by atoms with Crippen molar-refractivity contribution in [1.82, 2.24) is 0 Å². The summed E-state index contributed by atoms with van der Waals surface area (Å²) in [4.78, 5) is 0.0398. The molecule has 0 bridgehead atoms. The van der Waals surface area contributed by atoms with Gasteiger partial charge in [0, 0.05) is 6.54 Å². The Morgan fingerprint density at radius 2 is 1.89 bits per heavy atom. The highest BCUT2D eigenvalue weighted by molar-refractivity contribution is 7.89. The van der Waals surface area contributed by atoms with Gasteiger partial charge in [-0.25, -0.2) is 13.6 Å². The first-order valence-electron chi connectivity index (χ1n) is 6.13. The number of sulfonamides is 1. The number of anilines is 1. The van der Waals surface area contributed by atoms with Crippen LogP contribution in [0.25, 0.3) is 0 Å². The van der Waals surface area contributed by atoms with Gasteiger partial charge >= 0.3 is 0 Å². The molecule has 5 nitrogen and oxygen atoms in total. The van der Waals surface area contributed by atoms with Crippen LogP contribution in [0.1, 0.15) is 27.2 Å². The number of aliphatic hydroxyl groups excluding tert-OH is 1. The van der Waals surface area contributed by atoms with Gasteiger partial charge in [0.25, 0.3) is 0 Å². The molecule has 6 heteroatoms. The number of rotatable bonds is 5. The van der Waals surface area contributed by atoms with Crippen molar-refractivity contribution in [3.63, 3.8) is 0 Å². The molecule has 0 saturated carbocycles. The van der Waals surface area contributed by atoms with Gasteiger partial charge in [0.15, 0.2) is 0 Å². The Morgan fingerprint density at radius 1 is 1.32 bits per heavy atom. The maximum atomic E-state index is 11.4. The second-order valence-corrected chi connectivity index (χ2v) is 7.37. The first kappa shape index (κ1) is 15.9. The number of primary sulfonamides is 1.